The number of piperazine rings is 1. The molecule has 154 valence electrons. The lowest BCUT2D eigenvalue weighted by molar-refractivity contribution is -0.274. The van der Waals surface area contributed by atoms with Gasteiger partial charge in [-0.3, -0.25) is 9.79 Å². The number of hydrogen-bond acceptors (Lipinski definition) is 6. The summed E-state index contributed by atoms with van der Waals surface area (Å²) in [5, 5.41) is 0. The zero-order valence-electron chi connectivity index (χ0n) is 15.8. The number of carbonyl (C=O) groups is 1. The molecular formula is C19H20F3N5O2. The minimum absolute atomic E-state index is 0.167. The number of ether oxygens (including phenoxy) is 1. The van der Waals surface area contributed by atoms with Gasteiger partial charge in [-0.2, -0.15) is 0 Å². The number of rotatable bonds is 3. The predicted octanol–water partition coefficient (Wildman–Crippen LogP) is 2.33. The average molecular weight is 407 g/mol. The number of fused-ring (bicyclic) bond motifs is 1. The molecule has 1 fully saturated rings. The summed E-state index contributed by atoms with van der Waals surface area (Å²) in [5.41, 5.74) is 0.167. The molecule has 29 heavy (non-hydrogen) atoms. The standard InChI is InChI=1S/C19H20F3N5O2/c1-13-11-23-17-10-16(24-12-27(13)17)25-5-7-26(8-6-25)18(28)14-3-2-4-15(9-14)29-19(20,21)22/h2-4,9-10,12-13H,5-8,11H2,1H3/t13-/m0/s1. The van der Waals surface area contributed by atoms with Crippen molar-refractivity contribution in [1.82, 2.24) is 14.7 Å². The number of alkyl halides is 3. The second-order valence-corrected chi connectivity index (χ2v) is 7.06. The van der Waals surface area contributed by atoms with Crippen LogP contribution in [0.3, 0.4) is 0 Å². The Morgan fingerprint density at radius 3 is 2.69 bits per heavy atom. The fourth-order valence-corrected chi connectivity index (χ4v) is 3.51. The van der Waals surface area contributed by atoms with Crippen molar-refractivity contribution in [2.75, 3.05) is 32.7 Å². The van der Waals surface area contributed by atoms with Crippen LogP contribution in [0.2, 0.25) is 0 Å². The van der Waals surface area contributed by atoms with Gasteiger partial charge in [-0.15, -0.1) is 13.2 Å². The Hall–Kier alpha value is -3.04. The number of benzene rings is 1. The monoisotopic (exact) mass is 407 g/mol. The highest BCUT2D eigenvalue weighted by Gasteiger charge is 2.32. The minimum Gasteiger partial charge on any atom is -0.406 e. The Morgan fingerprint density at radius 1 is 1.21 bits per heavy atom. The van der Waals surface area contributed by atoms with Gasteiger partial charge < -0.3 is 19.4 Å². The van der Waals surface area contributed by atoms with E-state index in [-0.39, 0.29) is 11.5 Å². The van der Waals surface area contributed by atoms with Gasteiger partial charge in [0.15, 0.2) is 0 Å². The van der Waals surface area contributed by atoms with Crippen LogP contribution in [0.5, 0.6) is 5.75 Å². The Bertz CT molecular complexity index is 888. The fourth-order valence-electron chi connectivity index (χ4n) is 3.51. The molecule has 0 saturated carbocycles. The van der Waals surface area contributed by atoms with Gasteiger partial charge in [0, 0.05) is 37.8 Å². The molecule has 1 amide bonds. The van der Waals surface area contributed by atoms with E-state index in [9.17, 15) is 18.0 Å². The van der Waals surface area contributed by atoms with Crippen LogP contribution >= 0.6 is 0 Å². The first-order chi connectivity index (χ1) is 13.8. The topological polar surface area (TPSA) is 60.7 Å². The maximum absolute atomic E-state index is 12.7. The van der Waals surface area contributed by atoms with Crippen molar-refractivity contribution >= 4 is 18.1 Å². The first-order valence-corrected chi connectivity index (χ1v) is 9.29. The quantitative estimate of drug-likeness (QED) is 0.772. The van der Waals surface area contributed by atoms with Crippen molar-refractivity contribution in [1.29, 1.82) is 0 Å². The third-order valence-corrected chi connectivity index (χ3v) is 5.03. The highest BCUT2D eigenvalue weighted by Crippen LogP contribution is 2.24. The van der Waals surface area contributed by atoms with Crippen molar-refractivity contribution in [3.63, 3.8) is 0 Å². The van der Waals surface area contributed by atoms with E-state index >= 15 is 0 Å². The number of aliphatic imine (C=N–C) groups is 2. The minimum atomic E-state index is -4.79. The maximum Gasteiger partial charge on any atom is 0.573 e. The molecule has 3 heterocycles. The molecule has 3 aliphatic heterocycles. The van der Waals surface area contributed by atoms with Gasteiger partial charge in [-0.25, -0.2) is 4.99 Å². The average Bonchev–Trinajstić information content (AvgIpc) is 3.07. The van der Waals surface area contributed by atoms with E-state index in [4.69, 9.17) is 0 Å². The Kier molecular flexibility index (Phi) is 4.93. The molecule has 3 aliphatic rings. The summed E-state index contributed by atoms with van der Waals surface area (Å²) in [6.45, 7) is 4.88. The highest BCUT2D eigenvalue weighted by atomic mass is 19.4. The van der Waals surface area contributed by atoms with E-state index in [1.54, 1.807) is 11.2 Å². The van der Waals surface area contributed by atoms with Crippen molar-refractivity contribution in [3.05, 3.63) is 41.7 Å². The summed E-state index contributed by atoms with van der Waals surface area (Å²) in [4.78, 5) is 27.4. The molecule has 0 unspecified atom stereocenters. The summed E-state index contributed by atoms with van der Waals surface area (Å²) in [6, 6.07) is 5.45. The molecule has 0 spiro atoms. The van der Waals surface area contributed by atoms with Crippen LogP contribution in [0.15, 0.2) is 46.1 Å². The molecule has 0 aromatic heterocycles. The smallest absolute Gasteiger partial charge is 0.406 e. The molecule has 1 aromatic rings. The van der Waals surface area contributed by atoms with Gasteiger partial charge in [0.05, 0.1) is 18.9 Å². The number of carbonyl (C=O) groups excluding carboxylic acids is 1. The third kappa shape index (κ3) is 4.20. The number of amidine groups is 1. The van der Waals surface area contributed by atoms with Crippen molar-refractivity contribution in [3.8, 4) is 5.75 Å². The molecule has 1 atom stereocenters. The first-order valence-electron chi connectivity index (χ1n) is 9.29. The number of halogens is 3. The van der Waals surface area contributed by atoms with Gasteiger partial charge >= 0.3 is 6.36 Å². The van der Waals surface area contributed by atoms with Gasteiger partial charge in [0.2, 0.25) is 0 Å². The number of nitrogens with zero attached hydrogens (tertiary/aromatic N) is 5. The number of hydrogen-bond donors (Lipinski definition) is 0. The van der Waals surface area contributed by atoms with Gasteiger partial charge in [-0.1, -0.05) is 6.07 Å². The molecule has 7 nitrogen and oxygen atoms in total. The molecule has 0 N–H and O–H groups in total. The second kappa shape index (κ2) is 7.41. The van der Waals surface area contributed by atoms with Crippen molar-refractivity contribution < 1.29 is 22.7 Å². The Balaban J connectivity index is 1.38. The summed E-state index contributed by atoms with van der Waals surface area (Å²) < 4.78 is 41.1. The van der Waals surface area contributed by atoms with Gasteiger partial charge in [0.25, 0.3) is 5.91 Å². The van der Waals surface area contributed by atoms with Crippen LogP contribution in [0.1, 0.15) is 17.3 Å². The van der Waals surface area contributed by atoms with E-state index in [1.165, 1.54) is 18.2 Å². The van der Waals surface area contributed by atoms with Crippen molar-refractivity contribution in [2.45, 2.75) is 19.3 Å². The van der Waals surface area contributed by atoms with Crippen LogP contribution in [0.25, 0.3) is 0 Å². The lowest BCUT2D eigenvalue weighted by atomic mass is 10.1. The van der Waals surface area contributed by atoms with Crippen LogP contribution in [-0.4, -0.2) is 77.9 Å². The van der Waals surface area contributed by atoms with Crippen LogP contribution in [0, 0.1) is 0 Å². The summed E-state index contributed by atoms with van der Waals surface area (Å²) in [7, 11) is 0. The highest BCUT2D eigenvalue weighted by molar-refractivity contribution is 6.03. The summed E-state index contributed by atoms with van der Waals surface area (Å²) >= 11 is 0. The third-order valence-electron chi connectivity index (χ3n) is 5.03. The molecule has 0 bridgehead atoms. The van der Waals surface area contributed by atoms with E-state index < -0.39 is 12.1 Å². The molecule has 4 rings (SSSR count). The molecule has 10 heteroatoms. The summed E-state index contributed by atoms with van der Waals surface area (Å²) in [6.07, 6.45) is -1.06. The van der Waals surface area contributed by atoms with E-state index in [1.807, 2.05) is 11.0 Å². The SMILES string of the molecule is C[C@H]1CN=C2C=C(N3CCN(C(=O)c4cccc(OC(F)(F)F)c4)CC3)N=CN21. The Labute approximate surface area is 165 Å². The normalized spacial score (nSPS) is 21.7. The fraction of sp³-hybridized carbons (Fsp3) is 0.421. The molecule has 1 saturated heterocycles. The first kappa shape index (κ1) is 19.3. The molecular weight excluding hydrogens is 387 g/mol. The van der Waals surface area contributed by atoms with E-state index in [0.717, 1.165) is 24.3 Å². The Morgan fingerprint density at radius 2 is 1.97 bits per heavy atom. The van der Waals surface area contributed by atoms with Crippen LogP contribution in [-0.2, 0) is 0 Å². The van der Waals surface area contributed by atoms with Gasteiger partial charge in [0.1, 0.15) is 17.4 Å². The predicted molar refractivity (Wildman–Crippen MR) is 101 cm³/mol. The zero-order valence-corrected chi connectivity index (χ0v) is 15.8. The van der Waals surface area contributed by atoms with Gasteiger partial charge in [-0.05, 0) is 25.1 Å². The van der Waals surface area contributed by atoms with E-state index in [0.29, 0.717) is 32.2 Å². The lowest BCUT2D eigenvalue weighted by Gasteiger charge is -2.37. The zero-order chi connectivity index (χ0) is 20.6. The van der Waals surface area contributed by atoms with Crippen LogP contribution < -0.4 is 4.74 Å². The molecule has 0 aliphatic carbocycles. The maximum atomic E-state index is 12.7. The van der Waals surface area contributed by atoms with Crippen molar-refractivity contribution in [2.24, 2.45) is 9.98 Å². The van der Waals surface area contributed by atoms with Crippen LogP contribution in [0.4, 0.5) is 13.2 Å². The summed E-state index contributed by atoms with van der Waals surface area (Å²) in [5.74, 6) is 0.975. The lowest BCUT2D eigenvalue weighted by Crippen LogP contribution is -2.48. The number of amides is 1. The van der Waals surface area contributed by atoms with E-state index in [2.05, 4.69) is 26.5 Å². The second-order valence-electron chi connectivity index (χ2n) is 7.06. The molecule has 1 aromatic carbocycles. The largest absolute Gasteiger partial charge is 0.573 e. The molecule has 0 radical (unpaired) electrons.